The third-order valence-electron chi connectivity index (χ3n) is 26.3. The Bertz CT molecular complexity index is 4150. The summed E-state index contributed by atoms with van der Waals surface area (Å²) in [5.41, 5.74) is 0. The van der Waals surface area contributed by atoms with E-state index in [-0.39, 0.29) is 0 Å². The lowest BCUT2D eigenvalue weighted by molar-refractivity contribution is -0.400. The van der Waals surface area contributed by atoms with Crippen LogP contribution in [-0.2, 0) is 133 Å². The fourth-order valence-corrected chi connectivity index (χ4v) is 18.8. The number of carbonyl (C=O) groups excluding carboxylic acids is 6. The molecule has 11 aliphatic heterocycles. The number of carboxylic acid groups (broad SMARTS) is 1. The minimum atomic E-state index is -3.39. The molecule has 0 aliphatic carbocycles. The molecule has 64 nitrogen and oxygen atoms in total. The maximum Gasteiger partial charge on any atom is 0.364 e. The molecule has 145 heavy (non-hydrogen) atoms. The molecule has 0 aromatic rings. The Hall–Kier alpha value is -5.71. The number of rotatable bonds is 39. The topological polar surface area (TPSA) is 992 Å². The van der Waals surface area contributed by atoms with Crippen LogP contribution in [-0.4, -0.2) is 604 Å². The van der Waals surface area contributed by atoms with Crippen LogP contribution in [0.4, 0.5) is 0 Å². The van der Waals surface area contributed by atoms with Gasteiger partial charge in [0.1, 0.15) is 256 Å². The number of nitrogens with one attached hydrogen (secondary N) is 6. The van der Waals surface area contributed by atoms with Crippen molar-refractivity contribution in [2.45, 2.75) is 398 Å². The second-order valence-corrected chi connectivity index (χ2v) is 36.7. The molecule has 11 heterocycles. The van der Waals surface area contributed by atoms with E-state index in [0.717, 1.165) is 41.5 Å². The van der Waals surface area contributed by atoms with Crippen LogP contribution in [0.5, 0.6) is 0 Å². The summed E-state index contributed by atoms with van der Waals surface area (Å²) in [6, 6.07) is -11.6. The number of aliphatic hydroxyl groups is 29. The molecule has 836 valence electrons. The highest BCUT2D eigenvalue weighted by Crippen LogP contribution is 2.44. The molecular formula is C81H134N6O58. The minimum Gasteiger partial charge on any atom is -0.477 e. The number of aliphatic hydroxyl groups excluding tert-OH is 29. The minimum absolute atomic E-state index is 0.826. The van der Waals surface area contributed by atoms with Crippen molar-refractivity contribution in [1.82, 2.24) is 31.9 Å². The van der Waals surface area contributed by atoms with Crippen LogP contribution in [0.25, 0.3) is 0 Å². The van der Waals surface area contributed by atoms with Gasteiger partial charge in [-0.05, 0) is 6.92 Å². The summed E-state index contributed by atoms with van der Waals surface area (Å²) in [5.74, 6) is -11.4. The lowest BCUT2D eigenvalue weighted by Gasteiger charge is -2.52. The zero-order valence-electron chi connectivity index (χ0n) is 78.4. The quantitative estimate of drug-likeness (QED) is 0.0272. The van der Waals surface area contributed by atoms with Crippen LogP contribution in [0.3, 0.4) is 0 Å². The SMILES string of the molecule is CC(=O)N[C@@H]1[C@H](O[C@@H]2[C@@H](O[C@@H]3[C@H](O)[C@H](O[C@H]4[C@H](O)[C@@H](NC(C)=O)[C@H](O[C@H]5[C@H](O)[C@@H](NC(C)=O)C(O)O[C@@H]5CO[C@@H]5O[C@@H](C)[C@@H](O)[C@@H](O)[C@@H]5O)O[C@@H]4CO)O[C@H](CO[C@H]4O[C@H](CO)[C@@H](O)[C@H](O)[C@@H]4O[C@@H]4O[C@H](CO)[C@@H](O[C@@H]5O[C@H](CO)[C@H](O)[C@H](O)[C@H]5NC(C)=O)[C@H](O)[C@H]4NC(C)=O)[C@H]3O)O[C@H](CO)[C@@H](O)[C@@H]2O)O[C@H](CO)[C@@H](O)[C@@H]1O[C@@H]1O[C@H](CO)[C@H](O)[C@H](O[C@]2(C(=O)O)C[C@H](O)[C@@H](NC(C)=O)[C@H]([C@H](O)[C@H](O)CO)O2)[C@H]1O. The van der Waals surface area contributed by atoms with Crippen molar-refractivity contribution in [1.29, 1.82) is 0 Å². The number of ether oxygens (including phenoxy) is 21. The largest absolute Gasteiger partial charge is 0.477 e. The van der Waals surface area contributed by atoms with Crippen molar-refractivity contribution < 1.29 is 286 Å². The predicted octanol–water partition coefficient (Wildman–Crippen LogP) is -23.9. The van der Waals surface area contributed by atoms with Gasteiger partial charge in [-0.3, -0.25) is 28.8 Å². The summed E-state index contributed by atoms with van der Waals surface area (Å²) >= 11 is 0. The number of aliphatic carboxylic acids is 1. The Morgan fingerprint density at radius 2 is 0.628 bits per heavy atom. The zero-order valence-corrected chi connectivity index (χ0v) is 78.4. The second-order valence-electron chi connectivity index (χ2n) is 36.7. The maximum absolute atomic E-state index is 13.6. The van der Waals surface area contributed by atoms with Gasteiger partial charge in [0.15, 0.2) is 62.9 Å². The number of hydrogen-bond donors (Lipinski definition) is 36. The molecule has 6 amide bonds. The molecule has 1 unspecified atom stereocenters. The van der Waals surface area contributed by atoms with Crippen LogP contribution < -0.4 is 31.9 Å². The lowest BCUT2D eigenvalue weighted by Crippen LogP contribution is -2.72. The predicted molar refractivity (Wildman–Crippen MR) is 448 cm³/mol. The van der Waals surface area contributed by atoms with Crippen LogP contribution >= 0.6 is 0 Å². The number of amides is 6. The van der Waals surface area contributed by atoms with Gasteiger partial charge in [-0.15, -0.1) is 0 Å². The number of hydrogen-bond acceptors (Lipinski definition) is 57. The number of carboxylic acids is 1. The Balaban J connectivity index is 0.942. The van der Waals surface area contributed by atoms with Gasteiger partial charge in [0.2, 0.25) is 35.4 Å². The first kappa shape index (κ1) is 120. The molecule has 0 saturated carbocycles. The molecule has 0 aromatic carbocycles. The van der Waals surface area contributed by atoms with Crippen LogP contribution in [0, 0.1) is 0 Å². The van der Waals surface area contributed by atoms with Gasteiger partial charge in [-0.25, -0.2) is 4.79 Å². The standard InChI is InChI=1S/C81H134N6O58/c1-19-43(104)55(116)58(119)75(127-19)125-18-36-63(52(113)38(70(122)128-36)83-21(3)97)138-72-40(85-23(5)99)54(115)62(34(16-95)134-72)139-76-59(120)66(50(111)35(136-76)17-126-78-68(56(117)46(107)29(11-90)132-78)142-73-41(86-24(6)100)53(114)61(33(15-94)135-73)137-71-39(84-22(4)98)51(112)45(106)28(10-89)129-71)141-79-69(57(118)47(108)30(12-91)133-79)143-74-42(87-25(7)101)64(48(109)31(13-92)130-74)140-77-60(121)67(49(110)32(14-93)131-77)145-81(80(123)124)8-26(102)37(82-20(2)96)65(144-81)44(105)27(103)9-88/h19,26-79,88-95,102-122H,8-18H2,1-7H3,(H,82,96)(H,83,97)(H,84,98)(H,85,99)(H,86,100)(H,87,101)(H,123,124)/t19-,26-,27+,28+,29+,30+,31+,32+,33+,34+,35+,36+,37+,38+,39+,40+,41+,42-,43+,44+,45-,46+,47+,48+,49-,50+,51+,52+,53+,54+,55+,56-,57-,58-,59-,60+,61+,62+,63+,64+,65+,66-,67-,68-,69-,70?,71-,72-,73-,74-,75+,76-,77-,78-,79+,81-/m0/s1. The van der Waals surface area contributed by atoms with Crippen molar-refractivity contribution in [3.63, 3.8) is 0 Å². The van der Waals surface area contributed by atoms with Crippen molar-refractivity contribution in [3.05, 3.63) is 0 Å². The van der Waals surface area contributed by atoms with Crippen molar-refractivity contribution >= 4 is 41.4 Å². The molecule has 11 aliphatic rings. The van der Waals surface area contributed by atoms with Crippen molar-refractivity contribution in [3.8, 4) is 0 Å². The van der Waals surface area contributed by atoms with Crippen LogP contribution in [0.2, 0.25) is 0 Å². The Morgan fingerprint density at radius 1 is 0.297 bits per heavy atom. The van der Waals surface area contributed by atoms with Crippen LogP contribution in [0.15, 0.2) is 0 Å². The molecule has 11 rings (SSSR count). The van der Waals surface area contributed by atoms with Gasteiger partial charge >= 0.3 is 5.97 Å². The molecular weight excluding hydrogens is 1980 g/mol. The molecule has 56 atom stereocenters. The molecule has 0 spiro atoms. The maximum atomic E-state index is 13.6. The summed E-state index contributed by atoms with van der Waals surface area (Å²) in [4.78, 5) is 90.9. The highest BCUT2D eigenvalue weighted by atomic mass is 16.8. The fraction of sp³-hybridized carbons (Fsp3) is 0.914. The third-order valence-corrected chi connectivity index (χ3v) is 26.3. The monoisotopic (exact) mass is 2120 g/mol. The van der Waals surface area contributed by atoms with Crippen molar-refractivity contribution in [2.75, 3.05) is 66.1 Å². The van der Waals surface area contributed by atoms with Gasteiger partial charge in [0.05, 0.1) is 84.3 Å². The first-order valence-electron chi connectivity index (χ1n) is 46.1. The highest BCUT2D eigenvalue weighted by molar-refractivity contribution is 5.77. The molecule has 11 fully saturated rings. The molecule has 0 aromatic heterocycles. The van der Waals surface area contributed by atoms with E-state index in [1.54, 1.807) is 0 Å². The summed E-state index contributed by atoms with van der Waals surface area (Å²) in [5, 5.41) is 355. The van der Waals surface area contributed by atoms with Gasteiger partial charge in [-0.2, -0.15) is 0 Å². The Kier molecular flexibility index (Phi) is 42.7. The van der Waals surface area contributed by atoms with Crippen LogP contribution in [0.1, 0.15) is 54.9 Å². The van der Waals surface area contributed by atoms with E-state index in [0.29, 0.717) is 0 Å². The summed E-state index contributed by atoms with van der Waals surface area (Å²) in [6.07, 6.45) is -109. The fourth-order valence-electron chi connectivity index (χ4n) is 18.8. The van der Waals surface area contributed by atoms with E-state index in [9.17, 15) is 187 Å². The number of carbonyl (C=O) groups is 7. The van der Waals surface area contributed by atoms with Crippen molar-refractivity contribution in [2.24, 2.45) is 0 Å². The van der Waals surface area contributed by atoms with Gasteiger partial charge in [-0.1, -0.05) is 0 Å². The van der Waals surface area contributed by atoms with Gasteiger partial charge in [0, 0.05) is 48.0 Å². The highest BCUT2D eigenvalue weighted by Gasteiger charge is 2.65. The first-order valence-corrected chi connectivity index (χ1v) is 46.1. The molecule has 0 radical (unpaired) electrons. The normalized spacial score (nSPS) is 47.2. The van der Waals surface area contributed by atoms with Gasteiger partial charge in [0.25, 0.3) is 5.79 Å². The van der Waals surface area contributed by atoms with E-state index in [1.165, 1.54) is 6.92 Å². The molecule has 64 heteroatoms. The Labute approximate surface area is 821 Å². The van der Waals surface area contributed by atoms with E-state index in [2.05, 4.69) is 31.9 Å². The molecule has 36 N–H and O–H groups in total. The smallest absolute Gasteiger partial charge is 0.364 e. The summed E-state index contributed by atoms with van der Waals surface area (Å²) < 4.78 is 126. The van der Waals surface area contributed by atoms with E-state index >= 15 is 0 Å². The van der Waals surface area contributed by atoms with Gasteiger partial charge < -0.3 is 285 Å². The lowest BCUT2D eigenvalue weighted by atomic mass is 9.88. The summed E-state index contributed by atoms with van der Waals surface area (Å²) in [6.45, 7) is -5.28. The molecule has 0 bridgehead atoms. The zero-order chi connectivity index (χ0) is 107. The average Bonchev–Trinajstić information content (AvgIpc) is 0.751. The third kappa shape index (κ3) is 26.9. The summed E-state index contributed by atoms with van der Waals surface area (Å²) in [7, 11) is 0. The molecule has 11 saturated heterocycles. The Morgan fingerprint density at radius 3 is 1.10 bits per heavy atom. The van der Waals surface area contributed by atoms with E-state index in [4.69, 9.17) is 99.5 Å². The second kappa shape index (κ2) is 51.8. The average molecular weight is 2120 g/mol. The first-order chi connectivity index (χ1) is 68.4. The van der Waals surface area contributed by atoms with E-state index in [1.807, 2.05) is 0 Å². The van der Waals surface area contributed by atoms with E-state index < -0.39 is 457 Å².